The number of ether oxygens (including phenoxy) is 1. The molecule has 0 radical (unpaired) electrons. The number of likely N-dealkylation sites (tertiary alicyclic amines) is 1. The number of amides is 2. The Hall–Kier alpha value is -2.04. The summed E-state index contributed by atoms with van der Waals surface area (Å²) in [5, 5.41) is 0. The van der Waals surface area contributed by atoms with Crippen LogP contribution in [-0.4, -0.2) is 54.9 Å². The molecule has 1 aromatic rings. The van der Waals surface area contributed by atoms with Gasteiger partial charge in [-0.05, 0) is 67.9 Å². The summed E-state index contributed by atoms with van der Waals surface area (Å²) < 4.78 is 6.00. The van der Waals surface area contributed by atoms with Gasteiger partial charge in [-0.15, -0.1) is 0 Å². The monoisotopic (exact) mass is 468 g/mol. The summed E-state index contributed by atoms with van der Waals surface area (Å²) in [5.74, 6) is 2.31. The third-order valence-electron chi connectivity index (χ3n) is 8.58. The maximum Gasteiger partial charge on any atom is 0.222 e. The van der Waals surface area contributed by atoms with Crippen LogP contribution in [0, 0.1) is 11.3 Å². The van der Waals surface area contributed by atoms with E-state index in [-0.39, 0.29) is 11.3 Å². The van der Waals surface area contributed by atoms with Gasteiger partial charge in [0.2, 0.25) is 11.8 Å². The van der Waals surface area contributed by atoms with Crippen LogP contribution in [0.3, 0.4) is 0 Å². The van der Waals surface area contributed by atoms with E-state index in [0.29, 0.717) is 18.9 Å². The summed E-state index contributed by atoms with van der Waals surface area (Å²) in [6, 6.07) is 8.34. The van der Waals surface area contributed by atoms with E-state index in [1.807, 2.05) is 18.0 Å². The number of hydrogen-bond donors (Lipinski definition) is 0. The molecule has 0 N–H and O–H groups in total. The second-order valence-electron chi connectivity index (χ2n) is 11.1. The lowest BCUT2D eigenvalue weighted by molar-refractivity contribution is -0.137. The van der Waals surface area contributed by atoms with Crippen molar-refractivity contribution in [3.05, 3.63) is 29.8 Å². The Kier molecular flexibility index (Phi) is 8.91. The quantitative estimate of drug-likeness (QED) is 0.579. The van der Waals surface area contributed by atoms with Crippen LogP contribution in [-0.2, 0) is 16.0 Å². The van der Waals surface area contributed by atoms with E-state index >= 15 is 0 Å². The van der Waals surface area contributed by atoms with Gasteiger partial charge in [-0.25, -0.2) is 0 Å². The minimum absolute atomic E-state index is 0.132. The number of piperidine rings is 1. The summed E-state index contributed by atoms with van der Waals surface area (Å²) in [5.41, 5.74) is 1.41. The molecule has 4 rings (SSSR count). The number of para-hydroxylation sites is 1. The molecular weight excluding hydrogens is 424 g/mol. The van der Waals surface area contributed by atoms with E-state index < -0.39 is 0 Å². The van der Waals surface area contributed by atoms with Crippen molar-refractivity contribution in [2.45, 2.75) is 89.9 Å². The van der Waals surface area contributed by atoms with Gasteiger partial charge < -0.3 is 14.5 Å². The first-order valence-corrected chi connectivity index (χ1v) is 13.8. The standard InChI is InChI=1S/C29H44N2O3/c1-30-23-29(18-20-31(21-19-29)28(33)16-15-24-9-2-3-10-24)17-7-6-12-25-11-4-5-13-26(25)34-22-8-14-27(30)32/h4-5,11,13,24H,2-3,6-10,12,14-23H2,1H3. The molecule has 2 amide bonds. The number of hydrogen-bond acceptors (Lipinski definition) is 3. The van der Waals surface area contributed by atoms with Gasteiger partial charge in [0.05, 0.1) is 6.61 Å². The fourth-order valence-electron chi connectivity index (χ4n) is 6.36. The minimum atomic E-state index is 0.132. The molecule has 1 saturated heterocycles. The first-order chi connectivity index (χ1) is 16.5. The molecule has 1 spiro atoms. The minimum Gasteiger partial charge on any atom is -0.493 e. The molecule has 0 unspecified atom stereocenters. The van der Waals surface area contributed by atoms with Crippen LogP contribution < -0.4 is 4.74 Å². The molecule has 2 fully saturated rings. The van der Waals surface area contributed by atoms with Gasteiger partial charge in [0.1, 0.15) is 5.75 Å². The van der Waals surface area contributed by atoms with Crippen molar-refractivity contribution in [2.24, 2.45) is 11.3 Å². The molecule has 1 aromatic carbocycles. The Balaban J connectivity index is 1.36. The van der Waals surface area contributed by atoms with E-state index in [1.165, 1.54) is 31.2 Å². The molecule has 2 heterocycles. The summed E-state index contributed by atoms with van der Waals surface area (Å²) in [6.07, 6.45) is 14.8. The average molecular weight is 469 g/mol. The van der Waals surface area contributed by atoms with Crippen molar-refractivity contribution in [2.75, 3.05) is 33.3 Å². The molecular formula is C29H44N2O3. The highest BCUT2D eigenvalue weighted by Crippen LogP contribution is 2.38. The fraction of sp³-hybridized carbons (Fsp3) is 0.724. The van der Waals surface area contributed by atoms with Gasteiger partial charge in [-0.1, -0.05) is 50.3 Å². The molecule has 5 heteroatoms. The second kappa shape index (κ2) is 12.1. The van der Waals surface area contributed by atoms with Crippen LogP contribution >= 0.6 is 0 Å². The fourth-order valence-corrected chi connectivity index (χ4v) is 6.36. The van der Waals surface area contributed by atoms with Crippen molar-refractivity contribution in [3.63, 3.8) is 0 Å². The summed E-state index contributed by atoms with van der Waals surface area (Å²) >= 11 is 0. The third-order valence-corrected chi connectivity index (χ3v) is 8.58. The van der Waals surface area contributed by atoms with Crippen LogP contribution in [0.1, 0.15) is 89.0 Å². The van der Waals surface area contributed by atoms with Crippen LogP contribution in [0.15, 0.2) is 24.3 Å². The number of fused-ring (bicyclic) bond motifs is 1. The van der Waals surface area contributed by atoms with Crippen molar-refractivity contribution in [1.82, 2.24) is 9.80 Å². The predicted octanol–water partition coefficient (Wildman–Crippen LogP) is 5.61. The Morgan fingerprint density at radius 2 is 1.76 bits per heavy atom. The maximum absolute atomic E-state index is 12.9. The highest BCUT2D eigenvalue weighted by molar-refractivity contribution is 5.76. The maximum atomic E-state index is 12.9. The van der Waals surface area contributed by atoms with Crippen LogP contribution in [0.2, 0.25) is 0 Å². The predicted molar refractivity (Wildman–Crippen MR) is 136 cm³/mol. The molecule has 0 aromatic heterocycles. The molecule has 0 atom stereocenters. The molecule has 1 saturated carbocycles. The zero-order valence-electron chi connectivity index (χ0n) is 21.2. The molecule has 3 aliphatic rings. The molecule has 1 aliphatic carbocycles. The molecule has 0 bridgehead atoms. The first-order valence-electron chi connectivity index (χ1n) is 13.8. The van der Waals surface area contributed by atoms with Gasteiger partial charge in [0.15, 0.2) is 0 Å². The number of rotatable bonds is 3. The zero-order chi connectivity index (χ0) is 23.8. The van der Waals surface area contributed by atoms with E-state index in [9.17, 15) is 9.59 Å². The number of aryl methyl sites for hydroxylation is 1. The van der Waals surface area contributed by atoms with Crippen LogP contribution in [0.25, 0.3) is 0 Å². The van der Waals surface area contributed by atoms with Gasteiger partial charge in [-0.3, -0.25) is 9.59 Å². The topological polar surface area (TPSA) is 49.9 Å². The van der Waals surface area contributed by atoms with Crippen molar-refractivity contribution < 1.29 is 14.3 Å². The van der Waals surface area contributed by atoms with Gasteiger partial charge in [0.25, 0.3) is 0 Å². The normalized spacial score (nSPS) is 22.8. The summed E-state index contributed by atoms with van der Waals surface area (Å²) in [4.78, 5) is 29.8. The number of nitrogens with zero attached hydrogens (tertiary/aromatic N) is 2. The highest BCUT2D eigenvalue weighted by Gasteiger charge is 2.37. The van der Waals surface area contributed by atoms with E-state index in [4.69, 9.17) is 4.74 Å². The summed E-state index contributed by atoms with van der Waals surface area (Å²) in [6.45, 7) is 3.09. The zero-order valence-corrected chi connectivity index (χ0v) is 21.2. The average Bonchev–Trinajstić information content (AvgIpc) is 3.37. The number of benzene rings is 1. The number of carbonyl (C=O) groups is 2. The lowest BCUT2D eigenvalue weighted by Crippen LogP contribution is -2.48. The van der Waals surface area contributed by atoms with Gasteiger partial charge >= 0.3 is 0 Å². The van der Waals surface area contributed by atoms with Crippen LogP contribution in [0.5, 0.6) is 5.75 Å². The Morgan fingerprint density at radius 1 is 1.00 bits per heavy atom. The Morgan fingerprint density at radius 3 is 2.56 bits per heavy atom. The SMILES string of the molecule is CN1CC2(CCCCc3ccccc3OCCCC1=O)CCN(C(=O)CCC1CCCC1)CC2. The molecule has 188 valence electrons. The molecule has 2 aliphatic heterocycles. The second-order valence-corrected chi connectivity index (χ2v) is 11.1. The van der Waals surface area contributed by atoms with E-state index in [0.717, 1.165) is 89.1 Å². The van der Waals surface area contributed by atoms with Gasteiger partial charge in [-0.2, -0.15) is 0 Å². The lowest BCUT2D eigenvalue weighted by atomic mass is 9.73. The highest BCUT2D eigenvalue weighted by atomic mass is 16.5. The smallest absolute Gasteiger partial charge is 0.222 e. The number of carbonyl (C=O) groups excluding carboxylic acids is 2. The molecule has 5 nitrogen and oxygen atoms in total. The van der Waals surface area contributed by atoms with Crippen molar-refractivity contribution in [1.29, 1.82) is 0 Å². The largest absolute Gasteiger partial charge is 0.493 e. The third kappa shape index (κ3) is 6.76. The van der Waals surface area contributed by atoms with E-state index in [1.54, 1.807) is 0 Å². The lowest BCUT2D eigenvalue weighted by Gasteiger charge is -2.44. The van der Waals surface area contributed by atoms with Crippen LogP contribution in [0.4, 0.5) is 0 Å². The first kappa shape index (κ1) is 25.1. The Labute approximate surface area is 206 Å². The molecule has 34 heavy (non-hydrogen) atoms. The van der Waals surface area contributed by atoms with E-state index in [2.05, 4.69) is 23.1 Å². The van der Waals surface area contributed by atoms with Crippen molar-refractivity contribution >= 4 is 11.8 Å². The van der Waals surface area contributed by atoms with Crippen molar-refractivity contribution in [3.8, 4) is 5.75 Å². The summed E-state index contributed by atoms with van der Waals surface area (Å²) in [7, 11) is 1.96. The Bertz CT molecular complexity index is 809. The van der Waals surface area contributed by atoms with Gasteiger partial charge in [0, 0.05) is 39.5 Å².